The number of nitrogens with zero attached hydrogens (tertiary/aromatic N) is 1. The van der Waals surface area contributed by atoms with Gasteiger partial charge in [-0.2, -0.15) is 0 Å². The van der Waals surface area contributed by atoms with Crippen LogP contribution >= 0.6 is 0 Å². The van der Waals surface area contributed by atoms with Gasteiger partial charge in [-0.05, 0) is 49.1 Å². The quantitative estimate of drug-likeness (QED) is 0.752. The average Bonchev–Trinajstić information content (AvgIpc) is 2.67. The van der Waals surface area contributed by atoms with Gasteiger partial charge in [-0.15, -0.1) is 0 Å². The number of carbonyl (C=O) groups is 1. The minimum Gasteiger partial charge on any atom is -0.484 e. The average molecular weight is 397 g/mol. The zero-order chi connectivity index (χ0) is 20.8. The van der Waals surface area contributed by atoms with Crippen LogP contribution in [0.3, 0.4) is 0 Å². The fraction of sp³-hybridized carbons (Fsp3) is 0.458. The van der Waals surface area contributed by atoms with Crippen molar-refractivity contribution < 1.29 is 14.3 Å². The molecule has 156 valence electrons. The predicted octanol–water partition coefficient (Wildman–Crippen LogP) is 4.44. The van der Waals surface area contributed by atoms with E-state index < -0.39 is 0 Å². The Hall–Kier alpha value is -2.37. The van der Waals surface area contributed by atoms with E-state index in [0.29, 0.717) is 5.92 Å². The van der Waals surface area contributed by atoms with Crippen LogP contribution in [0.25, 0.3) is 0 Å². The largest absolute Gasteiger partial charge is 0.484 e. The molecule has 2 aromatic rings. The van der Waals surface area contributed by atoms with Crippen molar-refractivity contribution in [3.63, 3.8) is 0 Å². The third-order valence-corrected chi connectivity index (χ3v) is 5.08. The van der Waals surface area contributed by atoms with Crippen molar-refractivity contribution in [2.75, 3.05) is 25.0 Å². The molecule has 1 heterocycles. The Kier molecular flexibility index (Phi) is 7.29. The van der Waals surface area contributed by atoms with Gasteiger partial charge in [0.05, 0.1) is 12.2 Å². The summed E-state index contributed by atoms with van der Waals surface area (Å²) in [5, 5.41) is 3.01. The summed E-state index contributed by atoms with van der Waals surface area (Å²) in [5.74, 6) is 0.983. The van der Waals surface area contributed by atoms with Gasteiger partial charge in [0.25, 0.3) is 5.91 Å². The Labute approximate surface area is 174 Å². The highest BCUT2D eigenvalue weighted by Gasteiger charge is 2.22. The molecule has 0 bridgehead atoms. The second kappa shape index (κ2) is 9.90. The van der Waals surface area contributed by atoms with Crippen molar-refractivity contribution >= 4 is 11.6 Å². The normalized spacial score (nSPS) is 19.9. The third kappa shape index (κ3) is 6.31. The maximum Gasteiger partial charge on any atom is 0.262 e. The van der Waals surface area contributed by atoms with E-state index >= 15 is 0 Å². The van der Waals surface area contributed by atoms with Crippen LogP contribution in [-0.2, 0) is 16.1 Å². The molecule has 0 aliphatic carbocycles. The summed E-state index contributed by atoms with van der Waals surface area (Å²) < 4.78 is 11.5. The van der Waals surface area contributed by atoms with Crippen molar-refractivity contribution in [2.45, 2.75) is 52.4 Å². The molecule has 0 aromatic heterocycles. The molecular weight excluding hydrogens is 364 g/mol. The van der Waals surface area contributed by atoms with E-state index in [9.17, 15) is 4.79 Å². The maximum absolute atomic E-state index is 12.5. The highest BCUT2D eigenvalue weighted by Crippen LogP contribution is 2.22. The molecule has 0 saturated carbocycles. The number of hydrogen-bond donors (Lipinski definition) is 1. The maximum atomic E-state index is 12.5. The SMILES string of the molecule is CC1CN(Cc2ccccc2NC(=O)COc2cccc(C(C)C)c2)CC(C)O1. The number of anilines is 1. The molecule has 5 heteroatoms. The minimum absolute atomic E-state index is 0.0124. The lowest BCUT2D eigenvalue weighted by molar-refractivity contribution is -0.118. The van der Waals surface area contributed by atoms with Gasteiger partial charge in [-0.3, -0.25) is 9.69 Å². The van der Waals surface area contributed by atoms with Crippen molar-refractivity contribution in [1.82, 2.24) is 4.90 Å². The lowest BCUT2D eigenvalue weighted by Crippen LogP contribution is -2.44. The second-order valence-corrected chi connectivity index (χ2v) is 8.17. The second-order valence-electron chi connectivity index (χ2n) is 8.17. The third-order valence-electron chi connectivity index (χ3n) is 5.08. The number of rotatable bonds is 7. The van der Waals surface area contributed by atoms with Crippen LogP contribution in [0.4, 0.5) is 5.69 Å². The zero-order valence-corrected chi connectivity index (χ0v) is 17.9. The van der Waals surface area contributed by atoms with Gasteiger partial charge in [0, 0.05) is 25.3 Å². The minimum atomic E-state index is -0.156. The van der Waals surface area contributed by atoms with Crippen LogP contribution in [0.2, 0.25) is 0 Å². The van der Waals surface area contributed by atoms with Gasteiger partial charge in [-0.25, -0.2) is 0 Å². The van der Waals surface area contributed by atoms with E-state index in [1.165, 1.54) is 5.56 Å². The number of hydrogen-bond acceptors (Lipinski definition) is 4. The van der Waals surface area contributed by atoms with E-state index in [0.717, 1.165) is 36.6 Å². The first kappa shape index (κ1) is 21.3. The monoisotopic (exact) mass is 396 g/mol. The van der Waals surface area contributed by atoms with E-state index in [1.54, 1.807) is 0 Å². The zero-order valence-electron chi connectivity index (χ0n) is 17.9. The summed E-state index contributed by atoms with van der Waals surface area (Å²) in [7, 11) is 0. The molecule has 0 radical (unpaired) electrons. The summed E-state index contributed by atoms with van der Waals surface area (Å²) in [6.07, 6.45) is 0.436. The fourth-order valence-corrected chi connectivity index (χ4v) is 3.73. The Balaban J connectivity index is 1.58. The van der Waals surface area contributed by atoms with Gasteiger partial charge >= 0.3 is 0 Å². The molecule has 1 aliphatic heterocycles. The highest BCUT2D eigenvalue weighted by atomic mass is 16.5. The topological polar surface area (TPSA) is 50.8 Å². The lowest BCUT2D eigenvalue weighted by atomic mass is 10.0. The Bertz CT molecular complexity index is 811. The molecule has 2 unspecified atom stereocenters. The first-order valence-electron chi connectivity index (χ1n) is 10.4. The number of para-hydroxylation sites is 1. The van der Waals surface area contributed by atoms with Crippen LogP contribution in [-0.4, -0.2) is 42.7 Å². The molecule has 2 aromatic carbocycles. The smallest absolute Gasteiger partial charge is 0.262 e. The standard InChI is InChI=1S/C24H32N2O3/c1-17(2)20-9-7-10-22(12-20)28-16-24(27)25-23-11-6-5-8-21(23)15-26-13-18(3)29-19(4)14-26/h5-12,17-19H,13-16H2,1-4H3,(H,25,27). The van der Waals surface area contributed by atoms with Crippen LogP contribution in [0.15, 0.2) is 48.5 Å². The number of benzene rings is 2. The molecule has 1 N–H and O–H groups in total. The highest BCUT2D eigenvalue weighted by molar-refractivity contribution is 5.92. The van der Waals surface area contributed by atoms with Gasteiger partial charge in [0.2, 0.25) is 0 Å². The number of ether oxygens (including phenoxy) is 2. The van der Waals surface area contributed by atoms with Crippen LogP contribution in [0.5, 0.6) is 5.75 Å². The van der Waals surface area contributed by atoms with Crippen LogP contribution < -0.4 is 10.1 Å². The first-order valence-corrected chi connectivity index (χ1v) is 10.4. The van der Waals surface area contributed by atoms with Gasteiger partial charge in [-0.1, -0.05) is 44.2 Å². The van der Waals surface area contributed by atoms with E-state index in [1.807, 2.05) is 36.4 Å². The van der Waals surface area contributed by atoms with Crippen molar-refractivity contribution in [1.29, 1.82) is 0 Å². The molecule has 3 rings (SSSR count). The number of morpholine rings is 1. The van der Waals surface area contributed by atoms with Crippen molar-refractivity contribution in [3.8, 4) is 5.75 Å². The molecule has 29 heavy (non-hydrogen) atoms. The van der Waals surface area contributed by atoms with E-state index in [-0.39, 0.29) is 24.7 Å². The number of nitrogens with one attached hydrogen (secondary N) is 1. The molecule has 5 nitrogen and oxygen atoms in total. The van der Waals surface area contributed by atoms with Crippen molar-refractivity contribution in [3.05, 3.63) is 59.7 Å². The molecular formula is C24H32N2O3. The van der Waals surface area contributed by atoms with E-state index in [2.05, 4.69) is 50.0 Å². The Morgan fingerprint density at radius 1 is 1.14 bits per heavy atom. The summed E-state index contributed by atoms with van der Waals surface area (Å²) in [5.41, 5.74) is 3.13. The summed E-state index contributed by atoms with van der Waals surface area (Å²) >= 11 is 0. The van der Waals surface area contributed by atoms with Crippen LogP contribution in [0, 0.1) is 0 Å². The van der Waals surface area contributed by atoms with Gasteiger partial charge in [0.1, 0.15) is 5.75 Å². The van der Waals surface area contributed by atoms with E-state index in [4.69, 9.17) is 9.47 Å². The molecule has 2 atom stereocenters. The van der Waals surface area contributed by atoms with Gasteiger partial charge < -0.3 is 14.8 Å². The number of carbonyl (C=O) groups excluding carboxylic acids is 1. The Morgan fingerprint density at radius 3 is 2.59 bits per heavy atom. The molecule has 1 fully saturated rings. The molecule has 1 saturated heterocycles. The summed E-state index contributed by atoms with van der Waals surface area (Å²) in [4.78, 5) is 14.9. The van der Waals surface area contributed by atoms with Crippen molar-refractivity contribution in [2.24, 2.45) is 0 Å². The van der Waals surface area contributed by atoms with Crippen LogP contribution in [0.1, 0.15) is 44.7 Å². The number of amides is 1. The summed E-state index contributed by atoms with van der Waals surface area (Å²) in [6.45, 7) is 11.0. The summed E-state index contributed by atoms with van der Waals surface area (Å²) in [6, 6.07) is 15.9. The fourth-order valence-electron chi connectivity index (χ4n) is 3.73. The first-order chi connectivity index (χ1) is 13.9. The van der Waals surface area contributed by atoms with Gasteiger partial charge in [0.15, 0.2) is 6.61 Å². The molecule has 1 amide bonds. The Morgan fingerprint density at radius 2 is 1.86 bits per heavy atom. The predicted molar refractivity (Wildman–Crippen MR) is 116 cm³/mol. The molecule has 1 aliphatic rings. The lowest BCUT2D eigenvalue weighted by Gasteiger charge is -2.35. The molecule has 0 spiro atoms.